The Morgan fingerprint density at radius 3 is 2.94 bits per heavy atom. The Bertz CT molecular complexity index is 486. The van der Waals surface area contributed by atoms with Gasteiger partial charge in [0.15, 0.2) is 0 Å². The van der Waals surface area contributed by atoms with E-state index in [0.29, 0.717) is 0 Å². The van der Waals surface area contributed by atoms with E-state index in [-0.39, 0.29) is 0 Å². The largest absolute Gasteiger partial charge is 0.275 e. The fourth-order valence-electron chi connectivity index (χ4n) is 1.34. The molecule has 0 bridgehead atoms. The minimum Gasteiger partial charge on any atom is -0.275 e. The first kappa shape index (κ1) is 10.4. The van der Waals surface area contributed by atoms with Crippen molar-refractivity contribution in [2.45, 2.75) is 6.92 Å². The molecule has 5 heteroatoms. The summed E-state index contributed by atoms with van der Waals surface area (Å²) >= 11 is 0. The Morgan fingerprint density at radius 2 is 2.31 bits per heavy atom. The monoisotopic (exact) mass is 215 g/mol. The Labute approximate surface area is 93.8 Å². The lowest BCUT2D eigenvalue weighted by Crippen LogP contribution is -1.92. The van der Waals surface area contributed by atoms with Crippen LogP contribution in [0, 0.1) is 6.92 Å². The standard InChI is InChI=1S/C11H13N5/c1-9-10(8-16(2)15-9)7-13-14-11-5-3-4-6-12-11/h3-8H,1-2H3,(H,12,14). The molecule has 82 valence electrons. The van der Waals surface area contributed by atoms with Gasteiger partial charge in [-0.3, -0.25) is 10.1 Å². The van der Waals surface area contributed by atoms with Gasteiger partial charge in [-0.1, -0.05) is 6.07 Å². The first-order valence-corrected chi connectivity index (χ1v) is 4.96. The van der Waals surface area contributed by atoms with Gasteiger partial charge in [0.1, 0.15) is 5.82 Å². The molecule has 0 aromatic carbocycles. The minimum absolute atomic E-state index is 0.722. The molecule has 0 amide bonds. The number of hydrogen-bond donors (Lipinski definition) is 1. The zero-order valence-corrected chi connectivity index (χ0v) is 9.25. The van der Waals surface area contributed by atoms with Crippen molar-refractivity contribution in [3.8, 4) is 0 Å². The van der Waals surface area contributed by atoms with Crippen molar-refractivity contribution in [1.29, 1.82) is 0 Å². The molecule has 0 atom stereocenters. The van der Waals surface area contributed by atoms with Crippen LogP contribution in [0.4, 0.5) is 5.82 Å². The predicted octanol–water partition coefficient (Wildman–Crippen LogP) is 1.57. The first-order chi connectivity index (χ1) is 7.75. The average Bonchev–Trinajstić information content (AvgIpc) is 2.59. The molecule has 0 saturated carbocycles. The lowest BCUT2D eigenvalue weighted by Gasteiger charge is -1.96. The first-order valence-electron chi connectivity index (χ1n) is 4.96. The molecule has 1 N–H and O–H groups in total. The van der Waals surface area contributed by atoms with Gasteiger partial charge in [-0.2, -0.15) is 10.2 Å². The van der Waals surface area contributed by atoms with Crippen LogP contribution in [0.5, 0.6) is 0 Å². The van der Waals surface area contributed by atoms with E-state index in [4.69, 9.17) is 0 Å². The second-order valence-electron chi connectivity index (χ2n) is 3.43. The van der Waals surface area contributed by atoms with E-state index in [1.807, 2.05) is 38.4 Å². The van der Waals surface area contributed by atoms with Crippen molar-refractivity contribution in [3.63, 3.8) is 0 Å². The molecule has 2 aromatic rings. The van der Waals surface area contributed by atoms with E-state index in [1.54, 1.807) is 17.1 Å². The highest BCUT2D eigenvalue weighted by Gasteiger charge is 1.98. The summed E-state index contributed by atoms with van der Waals surface area (Å²) in [5.41, 5.74) is 4.80. The summed E-state index contributed by atoms with van der Waals surface area (Å²) in [5.74, 6) is 0.722. The van der Waals surface area contributed by atoms with Crippen molar-refractivity contribution in [2.24, 2.45) is 12.1 Å². The van der Waals surface area contributed by atoms with E-state index in [0.717, 1.165) is 17.1 Å². The lowest BCUT2D eigenvalue weighted by atomic mass is 10.3. The van der Waals surface area contributed by atoms with Crippen LogP contribution in [0.1, 0.15) is 11.3 Å². The van der Waals surface area contributed by atoms with Crippen LogP contribution in [-0.4, -0.2) is 21.0 Å². The third-order valence-corrected chi connectivity index (χ3v) is 2.10. The Morgan fingerprint density at radius 1 is 1.44 bits per heavy atom. The molecule has 0 saturated heterocycles. The molecule has 0 fully saturated rings. The highest BCUT2D eigenvalue weighted by atomic mass is 15.3. The molecule has 2 heterocycles. The van der Waals surface area contributed by atoms with Gasteiger partial charge in [0.25, 0.3) is 0 Å². The second kappa shape index (κ2) is 4.57. The molecule has 0 aliphatic rings. The third kappa shape index (κ3) is 2.44. The van der Waals surface area contributed by atoms with Crippen molar-refractivity contribution < 1.29 is 0 Å². The van der Waals surface area contributed by atoms with Gasteiger partial charge >= 0.3 is 0 Å². The zero-order chi connectivity index (χ0) is 11.4. The van der Waals surface area contributed by atoms with Crippen LogP contribution in [0.2, 0.25) is 0 Å². The number of rotatable bonds is 3. The summed E-state index contributed by atoms with van der Waals surface area (Å²) < 4.78 is 1.76. The molecule has 16 heavy (non-hydrogen) atoms. The van der Waals surface area contributed by atoms with E-state index in [1.165, 1.54) is 0 Å². The SMILES string of the molecule is Cc1nn(C)cc1C=NNc1ccccn1. The van der Waals surface area contributed by atoms with Crippen molar-refractivity contribution in [1.82, 2.24) is 14.8 Å². The summed E-state index contributed by atoms with van der Waals surface area (Å²) in [6.07, 6.45) is 5.36. The summed E-state index contributed by atoms with van der Waals surface area (Å²) in [4.78, 5) is 4.09. The third-order valence-electron chi connectivity index (χ3n) is 2.10. The van der Waals surface area contributed by atoms with Gasteiger partial charge in [-0.15, -0.1) is 0 Å². The second-order valence-corrected chi connectivity index (χ2v) is 3.43. The highest BCUT2D eigenvalue weighted by molar-refractivity contribution is 5.81. The lowest BCUT2D eigenvalue weighted by molar-refractivity contribution is 0.756. The molecule has 2 rings (SSSR count). The van der Waals surface area contributed by atoms with Crippen LogP contribution in [0.15, 0.2) is 35.7 Å². The summed E-state index contributed by atoms with van der Waals surface area (Å²) in [5, 5.41) is 8.31. The van der Waals surface area contributed by atoms with Crippen LogP contribution >= 0.6 is 0 Å². The molecule has 0 radical (unpaired) electrons. The number of pyridine rings is 1. The molecule has 5 nitrogen and oxygen atoms in total. The number of anilines is 1. The Balaban J connectivity index is 2.03. The van der Waals surface area contributed by atoms with Gasteiger partial charge in [-0.05, 0) is 19.1 Å². The van der Waals surface area contributed by atoms with E-state index in [2.05, 4.69) is 20.6 Å². The van der Waals surface area contributed by atoms with Gasteiger partial charge in [-0.25, -0.2) is 4.98 Å². The van der Waals surface area contributed by atoms with Crippen LogP contribution in [-0.2, 0) is 7.05 Å². The molecule has 2 aromatic heterocycles. The molecule has 0 aliphatic heterocycles. The fraction of sp³-hybridized carbons (Fsp3) is 0.182. The van der Waals surface area contributed by atoms with Crippen molar-refractivity contribution >= 4 is 12.0 Å². The van der Waals surface area contributed by atoms with Crippen LogP contribution in [0.25, 0.3) is 0 Å². The van der Waals surface area contributed by atoms with Gasteiger partial charge in [0, 0.05) is 25.0 Å². The molecule has 0 aliphatic carbocycles. The number of nitrogens with zero attached hydrogens (tertiary/aromatic N) is 4. The summed E-state index contributed by atoms with van der Waals surface area (Å²) in [6, 6.07) is 5.62. The smallest absolute Gasteiger partial charge is 0.146 e. The number of hydrazone groups is 1. The van der Waals surface area contributed by atoms with E-state index >= 15 is 0 Å². The summed E-state index contributed by atoms with van der Waals surface area (Å²) in [7, 11) is 1.89. The summed E-state index contributed by atoms with van der Waals surface area (Å²) in [6.45, 7) is 1.95. The van der Waals surface area contributed by atoms with Gasteiger partial charge < -0.3 is 0 Å². The topological polar surface area (TPSA) is 55.1 Å². The van der Waals surface area contributed by atoms with Crippen LogP contribution < -0.4 is 5.43 Å². The maximum absolute atomic E-state index is 4.22. The molecule has 0 spiro atoms. The maximum Gasteiger partial charge on any atom is 0.146 e. The Hall–Kier alpha value is -2.17. The Kier molecular flexibility index (Phi) is 2.95. The van der Waals surface area contributed by atoms with Crippen molar-refractivity contribution in [2.75, 3.05) is 5.43 Å². The fourth-order valence-corrected chi connectivity index (χ4v) is 1.34. The number of hydrogen-bond acceptors (Lipinski definition) is 4. The number of aromatic nitrogens is 3. The normalized spacial score (nSPS) is 10.9. The van der Waals surface area contributed by atoms with Gasteiger partial charge in [0.2, 0.25) is 0 Å². The predicted molar refractivity (Wildman–Crippen MR) is 63.4 cm³/mol. The maximum atomic E-state index is 4.22. The van der Waals surface area contributed by atoms with E-state index < -0.39 is 0 Å². The van der Waals surface area contributed by atoms with Gasteiger partial charge in [0.05, 0.1) is 11.9 Å². The zero-order valence-electron chi connectivity index (χ0n) is 9.25. The number of aryl methyl sites for hydroxylation is 2. The van der Waals surface area contributed by atoms with Crippen LogP contribution in [0.3, 0.4) is 0 Å². The van der Waals surface area contributed by atoms with Crippen molar-refractivity contribution in [3.05, 3.63) is 41.9 Å². The highest BCUT2D eigenvalue weighted by Crippen LogP contribution is 2.02. The molecule has 0 unspecified atom stereocenters. The molecular formula is C11H13N5. The minimum atomic E-state index is 0.722. The van der Waals surface area contributed by atoms with E-state index in [9.17, 15) is 0 Å². The quantitative estimate of drug-likeness (QED) is 0.624. The number of nitrogens with one attached hydrogen (secondary N) is 1. The molecular weight excluding hydrogens is 202 g/mol. The average molecular weight is 215 g/mol.